The zero-order chi connectivity index (χ0) is 16.2. The Balaban J connectivity index is 2.08. The van der Waals surface area contributed by atoms with E-state index in [1.807, 2.05) is 44.4 Å². The molecule has 0 aliphatic carbocycles. The summed E-state index contributed by atoms with van der Waals surface area (Å²) in [5.74, 6) is 0.907. The number of hydrogen-bond acceptors (Lipinski definition) is 5. The number of aliphatic hydroxyl groups excluding tert-OH is 1. The van der Waals surface area contributed by atoms with Gasteiger partial charge in [0.1, 0.15) is 5.75 Å². The summed E-state index contributed by atoms with van der Waals surface area (Å²) in [4.78, 5) is 4.23. The maximum atomic E-state index is 10.1. The average molecular weight is 310 g/mol. The number of para-hydroxylation sites is 1. The predicted octanol–water partition coefficient (Wildman–Crippen LogP) is 1.33. The number of hydrogen-bond donors (Lipinski definition) is 1. The molecule has 22 heavy (non-hydrogen) atoms. The Bertz CT molecular complexity index is 375. The summed E-state index contributed by atoms with van der Waals surface area (Å²) in [5, 5.41) is 10.1. The Labute approximate surface area is 134 Å². The molecule has 0 aliphatic heterocycles. The molecule has 126 valence electrons. The van der Waals surface area contributed by atoms with Gasteiger partial charge in [-0.25, -0.2) is 0 Å². The summed E-state index contributed by atoms with van der Waals surface area (Å²) in [6.07, 6.45) is 0.597. The Kier molecular flexibility index (Phi) is 9.82. The molecule has 0 saturated carbocycles. The van der Waals surface area contributed by atoms with Crippen LogP contribution in [0.15, 0.2) is 30.3 Å². The van der Waals surface area contributed by atoms with Gasteiger partial charge in [-0.2, -0.15) is 0 Å². The molecule has 1 N–H and O–H groups in total. The van der Waals surface area contributed by atoms with Crippen molar-refractivity contribution in [1.29, 1.82) is 0 Å². The quantitative estimate of drug-likeness (QED) is 0.590. The summed E-state index contributed by atoms with van der Waals surface area (Å²) in [5.41, 5.74) is 0. The Morgan fingerprint density at radius 2 is 1.64 bits per heavy atom. The van der Waals surface area contributed by atoms with E-state index in [9.17, 15) is 5.11 Å². The van der Waals surface area contributed by atoms with Crippen molar-refractivity contribution in [2.45, 2.75) is 12.5 Å². The first kappa shape index (κ1) is 18.9. The third kappa shape index (κ3) is 9.00. The van der Waals surface area contributed by atoms with Gasteiger partial charge < -0.3 is 24.4 Å². The zero-order valence-electron chi connectivity index (χ0n) is 14.1. The maximum absolute atomic E-state index is 10.1. The second-order valence-electron chi connectivity index (χ2n) is 5.69. The molecule has 1 aromatic rings. The van der Waals surface area contributed by atoms with E-state index in [1.54, 1.807) is 7.11 Å². The lowest BCUT2D eigenvalue weighted by Crippen LogP contribution is -2.39. The van der Waals surface area contributed by atoms with Crippen LogP contribution in [0.25, 0.3) is 0 Å². The number of methoxy groups -OCH3 is 1. The normalized spacial score (nSPS) is 12.8. The lowest BCUT2D eigenvalue weighted by molar-refractivity contribution is 0.0775. The van der Waals surface area contributed by atoms with Gasteiger partial charge in [0, 0.05) is 33.3 Å². The first-order valence-corrected chi connectivity index (χ1v) is 7.83. The molecular formula is C17H30N2O3. The molecule has 0 amide bonds. The van der Waals surface area contributed by atoms with Crippen molar-refractivity contribution in [3.05, 3.63) is 30.3 Å². The highest BCUT2D eigenvalue weighted by atomic mass is 16.5. The SMILES string of the molecule is COCCN(C)C[C@H](O)CN(C)CCCOc1ccccc1. The number of aliphatic hydroxyl groups is 1. The third-order valence-corrected chi connectivity index (χ3v) is 3.42. The average Bonchev–Trinajstić information content (AvgIpc) is 2.50. The molecule has 5 nitrogen and oxygen atoms in total. The molecule has 1 atom stereocenters. The highest BCUT2D eigenvalue weighted by Gasteiger charge is 2.10. The smallest absolute Gasteiger partial charge is 0.119 e. The van der Waals surface area contributed by atoms with E-state index in [1.165, 1.54) is 0 Å². The summed E-state index contributed by atoms with van der Waals surface area (Å²) >= 11 is 0. The lowest BCUT2D eigenvalue weighted by Gasteiger charge is -2.24. The van der Waals surface area contributed by atoms with Gasteiger partial charge in [0.25, 0.3) is 0 Å². The van der Waals surface area contributed by atoms with E-state index in [2.05, 4.69) is 9.80 Å². The van der Waals surface area contributed by atoms with Crippen LogP contribution in [-0.2, 0) is 4.74 Å². The minimum Gasteiger partial charge on any atom is -0.494 e. The third-order valence-electron chi connectivity index (χ3n) is 3.42. The fourth-order valence-electron chi connectivity index (χ4n) is 2.25. The number of benzene rings is 1. The molecule has 1 rings (SSSR count). The largest absolute Gasteiger partial charge is 0.494 e. The van der Waals surface area contributed by atoms with Crippen LogP contribution in [0, 0.1) is 0 Å². The van der Waals surface area contributed by atoms with Crippen LogP contribution >= 0.6 is 0 Å². The highest BCUT2D eigenvalue weighted by molar-refractivity contribution is 5.20. The molecule has 0 aromatic heterocycles. The first-order valence-electron chi connectivity index (χ1n) is 7.83. The molecule has 0 fully saturated rings. The minimum absolute atomic E-state index is 0.345. The van der Waals surface area contributed by atoms with Crippen molar-refractivity contribution in [3.8, 4) is 5.75 Å². The molecule has 0 unspecified atom stereocenters. The van der Waals surface area contributed by atoms with Crippen molar-refractivity contribution >= 4 is 0 Å². The monoisotopic (exact) mass is 310 g/mol. The van der Waals surface area contributed by atoms with Crippen LogP contribution in [0.4, 0.5) is 0 Å². The van der Waals surface area contributed by atoms with Crippen molar-refractivity contribution < 1.29 is 14.6 Å². The molecule has 0 heterocycles. The minimum atomic E-state index is -0.345. The van der Waals surface area contributed by atoms with E-state index < -0.39 is 0 Å². The van der Waals surface area contributed by atoms with Crippen molar-refractivity contribution in [3.63, 3.8) is 0 Å². The number of likely N-dealkylation sites (N-methyl/N-ethyl adjacent to an activating group) is 2. The van der Waals surface area contributed by atoms with E-state index >= 15 is 0 Å². The van der Waals surface area contributed by atoms with E-state index in [0.29, 0.717) is 26.3 Å². The summed E-state index contributed by atoms with van der Waals surface area (Å²) in [7, 11) is 5.71. The molecule has 0 radical (unpaired) electrons. The van der Waals surface area contributed by atoms with Crippen LogP contribution in [0.1, 0.15) is 6.42 Å². The van der Waals surface area contributed by atoms with Gasteiger partial charge >= 0.3 is 0 Å². The molecule has 0 saturated heterocycles. The van der Waals surface area contributed by atoms with E-state index in [-0.39, 0.29) is 6.10 Å². The van der Waals surface area contributed by atoms with Gasteiger partial charge in [-0.15, -0.1) is 0 Å². The fourth-order valence-corrected chi connectivity index (χ4v) is 2.25. The van der Waals surface area contributed by atoms with Crippen molar-refractivity contribution in [2.24, 2.45) is 0 Å². The Hall–Kier alpha value is -1.14. The number of nitrogens with zero attached hydrogens (tertiary/aromatic N) is 2. The first-order chi connectivity index (χ1) is 10.6. The van der Waals surface area contributed by atoms with Crippen LogP contribution in [-0.4, -0.2) is 81.6 Å². The summed E-state index contributed by atoms with van der Waals surface area (Å²) in [6.45, 7) is 4.46. The van der Waals surface area contributed by atoms with Crippen molar-refractivity contribution in [2.75, 3.05) is 60.6 Å². The van der Waals surface area contributed by atoms with E-state index in [0.717, 1.165) is 25.3 Å². The van der Waals surface area contributed by atoms with Crippen LogP contribution in [0.2, 0.25) is 0 Å². The topological polar surface area (TPSA) is 45.2 Å². The standard InChI is InChI=1S/C17H30N2O3/c1-18(14-16(20)15-19(2)11-13-21-3)10-7-12-22-17-8-5-4-6-9-17/h4-6,8-9,16,20H,7,10-15H2,1-3H3/t16-/m1/s1. The van der Waals surface area contributed by atoms with Gasteiger partial charge in [-0.05, 0) is 32.6 Å². The van der Waals surface area contributed by atoms with Crippen LogP contribution in [0.3, 0.4) is 0 Å². The lowest BCUT2D eigenvalue weighted by atomic mass is 10.3. The molecule has 0 bridgehead atoms. The summed E-state index contributed by atoms with van der Waals surface area (Å²) in [6, 6.07) is 9.84. The van der Waals surface area contributed by atoms with Gasteiger partial charge in [0.05, 0.1) is 19.3 Å². The molecule has 0 aliphatic rings. The van der Waals surface area contributed by atoms with Gasteiger partial charge in [-0.1, -0.05) is 18.2 Å². The zero-order valence-corrected chi connectivity index (χ0v) is 14.1. The van der Waals surface area contributed by atoms with Crippen molar-refractivity contribution in [1.82, 2.24) is 9.80 Å². The molecule has 1 aromatic carbocycles. The highest BCUT2D eigenvalue weighted by Crippen LogP contribution is 2.08. The van der Waals surface area contributed by atoms with Gasteiger partial charge in [0.15, 0.2) is 0 Å². The van der Waals surface area contributed by atoms with Crippen LogP contribution < -0.4 is 4.74 Å². The number of rotatable bonds is 12. The second kappa shape index (κ2) is 11.4. The molecule has 5 heteroatoms. The van der Waals surface area contributed by atoms with E-state index in [4.69, 9.17) is 9.47 Å². The molecular weight excluding hydrogens is 280 g/mol. The van der Waals surface area contributed by atoms with Gasteiger partial charge in [0.2, 0.25) is 0 Å². The second-order valence-corrected chi connectivity index (χ2v) is 5.69. The van der Waals surface area contributed by atoms with Gasteiger partial charge in [-0.3, -0.25) is 0 Å². The fraction of sp³-hybridized carbons (Fsp3) is 0.647. The van der Waals surface area contributed by atoms with Crippen LogP contribution in [0.5, 0.6) is 5.75 Å². The predicted molar refractivity (Wildman–Crippen MR) is 89.4 cm³/mol. The Morgan fingerprint density at radius 3 is 2.27 bits per heavy atom. The Morgan fingerprint density at radius 1 is 1.00 bits per heavy atom. The maximum Gasteiger partial charge on any atom is 0.119 e. The summed E-state index contributed by atoms with van der Waals surface area (Å²) < 4.78 is 10.7. The number of ether oxygens (including phenoxy) is 2. The molecule has 0 spiro atoms.